The quantitative estimate of drug-likeness (QED) is 0.244. The zero-order valence-electron chi connectivity index (χ0n) is 22.3. The summed E-state index contributed by atoms with van der Waals surface area (Å²) in [6.45, 7) is 3.62. The number of hydrogen-bond donors (Lipinski definition) is 2. The highest BCUT2D eigenvalue weighted by molar-refractivity contribution is 7.89. The van der Waals surface area contributed by atoms with Gasteiger partial charge in [0.2, 0.25) is 10.0 Å². The first-order valence-electron chi connectivity index (χ1n) is 12.6. The maximum atomic E-state index is 13.5. The third-order valence-corrected chi connectivity index (χ3v) is 7.81. The average Bonchev–Trinajstić information content (AvgIpc) is 2.92. The molecule has 3 aromatic rings. The van der Waals surface area contributed by atoms with Crippen LogP contribution in [-0.4, -0.2) is 56.3 Å². The van der Waals surface area contributed by atoms with Crippen LogP contribution >= 0.6 is 0 Å². The molecule has 0 radical (unpaired) electrons. The Morgan fingerprint density at radius 1 is 1.00 bits per heavy atom. The Morgan fingerprint density at radius 3 is 2.23 bits per heavy atom. The van der Waals surface area contributed by atoms with Crippen LogP contribution in [0.3, 0.4) is 0 Å². The SMILES string of the molecule is COc1ccc(S(=O)(=O)N(CC(C)C)CC(O)[C@H](Cc2ccccc2)NC(=O)OCc2cc[n+]([O-])cc2)cc1. The number of methoxy groups -OCH3 is 1. The highest BCUT2D eigenvalue weighted by Gasteiger charge is 2.31. The molecular weight excluding hydrogens is 522 g/mol. The number of alkyl carbamates (subject to hydrolysis) is 1. The average molecular weight is 558 g/mol. The molecule has 0 aliphatic heterocycles. The molecule has 39 heavy (non-hydrogen) atoms. The second kappa shape index (κ2) is 13.9. The van der Waals surface area contributed by atoms with Crippen LogP contribution in [0.2, 0.25) is 0 Å². The number of benzene rings is 2. The molecule has 2 atom stereocenters. The van der Waals surface area contributed by atoms with Gasteiger partial charge in [0.15, 0.2) is 12.4 Å². The van der Waals surface area contributed by atoms with Gasteiger partial charge in [-0.1, -0.05) is 44.2 Å². The summed E-state index contributed by atoms with van der Waals surface area (Å²) >= 11 is 0. The van der Waals surface area contributed by atoms with Crippen molar-refractivity contribution in [1.82, 2.24) is 9.62 Å². The second-order valence-corrected chi connectivity index (χ2v) is 11.5. The molecule has 2 aromatic carbocycles. The molecule has 0 fully saturated rings. The predicted octanol–water partition coefficient (Wildman–Crippen LogP) is 2.87. The number of carbonyl (C=O) groups is 1. The number of ether oxygens (including phenoxy) is 2. The van der Waals surface area contributed by atoms with Crippen molar-refractivity contribution in [3.8, 4) is 5.75 Å². The molecule has 1 unspecified atom stereocenters. The minimum atomic E-state index is -3.95. The molecule has 1 heterocycles. The molecule has 210 valence electrons. The number of aliphatic hydroxyl groups excluding tert-OH is 1. The van der Waals surface area contributed by atoms with E-state index in [-0.39, 0.29) is 36.9 Å². The van der Waals surface area contributed by atoms with Crippen LogP contribution in [-0.2, 0) is 27.8 Å². The van der Waals surface area contributed by atoms with Crippen molar-refractivity contribution in [2.75, 3.05) is 20.2 Å². The van der Waals surface area contributed by atoms with E-state index in [0.717, 1.165) is 5.56 Å². The van der Waals surface area contributed by atoms with Gasteiger partial charge in [0.25, 0.3) is 0 Å². The summed E-state index contributed by atoms with van der Waals surface area (Å²) in [6.07, 6.45) is 0.815. The van der Waals surface area contributed by atoms with E-state index < -0.39 is 28.3 Å². The number of nitrogens with zero attached hydrogens (tertiary/aromatic N) is 2. The molecule has 0 bridgehead atoms. The summed E-state index contributed by atoms with van der Waals surface area (Å²) in [5.41, 5.74) is 1.46. The molecule has 0 aliphatic rings. The van der Waals surface area contributed by atoms with Gasteiger partial charge in [-0.3, -0.25) is 0 Å². The molecule has 3 rings (SSSR count). The smallest absolute Gasteiger partial charge is 0.407 e. The van der Waals surface area contributed by atoms with Gasteiger partial charge in [-0.05, 0) is 42.2 Å². The van der Waals surface area contributed by atoms with E-state index >= 15 is 0 Å². The van der Waals surface area contributed by atoms with Gasteiger partial charge in [0.1, 0.15) is 12.4 Å². The largest absolute Gasteiger partial charge is 0.619 e. The van der Waals surface area contributed by atoms with E-state index in [2.05, 4.69) is 5.32 Å². The summed E-state index contributed by atoms with van der Waals surface area (Å²) in [5, 5.41) is 25.2. The third-order valence-electron chi connectivity index (χ3n) is 5.96. The Kier molecular flexibility index (Phi) is 10.7. The zero-order chi connectivity index (χ0) is 28.4. The maximum Gasteiger partial charge on any atom is 0.407 e. The minimum absolute atomic E-state index is 0.0191. The summed E-state index contributed by atoms with van der Waals surface area (Å²) in [4.78, 5) is 12.8. The topological polar surface area (TPSA) is 132 Å². The number of sulfonamides is 1. The van der Waals surface area contributed by atoms with E-state index in [1.807, 2.05) is 44.2 Å². The van der Waals surface area contributed by atoms with Crippen LogP contribution in [0, 0.1) is 11.1 Å². The molecule has 0 spiro atoms. The first-order valence-corrected chi connectivity index (χ1v) is 14.0. The Labute approximate surface area is 229 Å². The Morgan fingerprint density at radius 2 is 1.64 bits per heavy atom. The summed E-state index contributed by atoms with van der Waals surface area (Å²) < 4.78 is 39.3. The monoisotopic (exact) mass is 557 g/mol. The Bertz CT molecular complexity index is 1280. The van der Waals surface area contributed by atoms with E-state index in [4.69, 9.17) is 9.47 Å². The summed E-state index contributed by atoms with van der Waals surface area (Å²) in [5.74, 6) is 0.507. The van der Waals surface area contributed by atoms with E-state index in [0.29, 0.717) is 16.0 Å². The number of pyridine rings is 1. The lowest BCUT2D eigenvalue weighted by molar-refractivity contribution is -0.605. The second-order valence-electron chi connectivity index (χ2n) is 9.54. The first-order chi connectivity index (χ1) is 18.6. The van der Waals surface area contributed by atoms with Crippen molar-refractivity contribution in [2.45, 2.75) is 43.9 Å². The first kappa shape index (κ1) is 29.9. The molecule has 1 aromatic heterocycles. The zero-order valence-corrected chi connectivity index (χ0v) is 23.1. The van der Waals surface area contributed by atoms with E-state index in [9.17, 15) is 23.5 Å². The minimum Gasteiger partial charge on any atom is -0.619 e. The predicted molar refractivity (Wildman–Crippen MR) is 145 cm³/mol. The lowest BCUT2D eigenvalue weighted by atomic mass is 10.0. The molecule has 11 heteroatoms. The molecular formula is C28H35N3O7S. The number of carbonyl (C=O) groups excluding carboxylic acids is 1. The number of aromatic nitrogens is 1. The van der Waals surface area contributed by atoms with Gasteiger partial charge in [0.05, 0.1) is 24.2 Å². The van der Waals surface area contributed by atoms with E-state index in [1.165, 1.54) is 48.1 Å². The lowest BCUT2D eigenvalue weighted by Gasteiger charge is -2.30. The molecule has 1 amide bonds. The standard InChI is InChI=1S/C28H35N3O7S/c1-21(2)18-31(39(35,36)25-11-9-24(37-3)10-12-25)19-27(32)26(17-22-7-5-4-6-8-22)29-28(33)38-20-23-13-15-30(34)16-14-23/h4-16,21,26-27,32H,17-20H2,1-3H3,(H,29,33)/t26-,27?/m0/s1. The highest BCUT2D eigenvalue weighted by Crippen LogP contribution is 2.21. The number of hydrogen-bond acceptors (Lipinski definition) is 7. The van der Waals surface area contributed by atoms with Gasteiger partial charge in [0, 0.05) is 30.8 Å². The van der Waals surface area contributed by atoms with E-state index in [1.54, 1.807) is 12.1 Å². The number of aliphatic hydroxyl groups is 1. The van der Waals surface area contributed by atoms with Gasteiger partial charge >= 0.3 is 6.09 Å². The fraction of sp³-hybridized carbons (Fsp3) is 0.357. The normalized spacial score (nSPS) is 13.2. The van der Waals surface area contributed by atoms with Gasteiger partial charge in [-0.15, -0.1) is 0 Å². The molecule has 0 saturated heterocycles. The Hall–Kier alpha value is -3.67. The van der Waals surface area contributed by atoms with Crippen molar-refractivity contribution in [1.29, 1.82) is 0 Å². The van der Waals surface area contributed by atoms with Gasteiger partial charge in [-0.2, -0.15) is 9.04 Å². The van der Waals surface area contributed by atoms with Crippen LogP contribution in [0.5, 0.6) is 5.75 Å². The highest BCUT2D eigenvalue weighted by atomic mass is 32.2. The van der Waals surface area contributed by atoms with Crippen molar-refractivity contribution in [3.63, 3.8) is 0 Å². The molecule has 0 aliphatic carbocycles. The maximum absolute atomic E-state index is 13.5. The fourth-order valence-electron chi connectivity index (χ4n) is 3.94. The van der Waals surface area contributed by atoms with Crippen LogP contribution in [0.1, 0.15) is 25.0 Å². The van der Waals surface area contributed by atoms with Crippen LogP contribution in [0.4, 0.5) is 4.79 Å². The molecule has 10 nitrogen and oxygen atoms in total. The van der Waals surface area contributed by atoms with Crippen molar-refractivity contribution in [2.24, 2.45) is 5.92 Å². The van der Waals surface area contributed by atoms with Crippen molar-refractivity contribution in [3.05, 3.63) is 95.5 Å². The Balaban J connectivity index is 1.78. The number of nitrogens with one attached hydrogen (secondary N) is 1. The molecule has 2 N–H and O–H groups in total. The number of rotatable bonds is 13. The summed E-state index contributed by atoms with van der Waals surface area (Å²) in [6, 6.07) is 17.5. The summed E-state index contributed by atoms with van der Waals surface area (Å²) in [7, 11) is -2.46. The van der Waals surface area contributed by atoms with Crippen LogP contribution in [0.25, 0.3) is 0 Å². The van der Waals surface area contributed by atoms with Crippen LogP contribution in [0.15, 0.2) is 84.0 Å². The van der Waals surface area contributed by atoms with Crippen molar-refractivity contribution < 1.29 is 32.5 Å². The molecule has 0 saturated carbocycles. The fourth-order valence-corrected chi connectivity index (χ4v) is 5.57. The lowest BCUT2D eigenvalue weighted by Crippen LogP contribution is -2.51. The van der Waals surface area contributed by atoms with Gasteiger partial charge < -0.3 is 25.1 Å². The number of amides is 1. The van der Waals surface area contributed by atoms with Crippen LogP contribution < -0.4 is 14.8 Å². The van der Waals surface area contributed by atoms with Crippen molar-refractivity contribution >= 4 is 16.1 Å². The van der Waals surface area contributed by atoms with Gasteiger partial charge in [-0.25, -0.2) is 13.2 Å². The third kappa shape index (κ3) is 8.95.